The summed E-state index contributed by atoms with van der Waals surface area (Å²) in [6, 6.07) is 7.51. The van der Waals surface area contributed by atoms with Gasteiger partial charge in [0.2, 0.25) is 0 Å². The SMILES string of the molecule is CC(C)=CCOc1ccccc1/C(C)=N/O. The molecule has 0 aliphatic heterocycles. The van der Waals surface area contributed by atoms with Crippen molar-refractivity contribution >= 4 is 5.71 Å². The van der Waals surface area contributed by atoms with E-state index in [1.807, 2.05) is 44.2 Å². The molecular weight excluding hydrogens is 202 g/mol. The second kappa shape index (κ2) is 5.95. The molecule has 0 spiro atoms. The van der Waals surface area contributed by atoms with Crippen LogP contribution in [0.25, 0.3) is 0 Å². The molecule has 0 fully saturated rings. The minimum Gasteiger partial charge on any atom is -0.489 e. The van der Waals surface area contributed by atoms with E-state index >= 15 is 0 Å². The summed E-state index contributed by atoms with van der Waals surface area (Å²) in [4.78, 5) is 0. The molecule has 86 valence electrons. The molecule has 0 aliphatic carbocycles. The molecule has 0 amide bonds. The summed E-state index contributed by atoms with van der Waals surface area (Å²) in [5.74, 6) is 0.732. The molecule has 0 atom stereocenters. The molecule has 3 nitrogen and oxygen atoms in total. The summed E-state index contributed by atoms with van der Waals surface area (Å²) in [6.45, 7) is 6.31. The lowest BCUT2D eigenvalue weighted by atomic mass is 10.1. The Morgan fingerprint density at radius 2 is 2.00 bits per heavy atom. The Bertz CT molecular complexity index is 404. The van der Waals surface area contributed by atoms with E-state index in [1.54, 1.807) is 6.92 Å². The first-order valence-corrected chi connectivity index (χ1v) is 5.19. The van der Waals surface area contributed by atoms with Gasteiger partial charge in [-0.3, -0.25) is 0 Å². The van der Waals surface area contributed by atoms with Crippen LogP contribution in [0.3, 0.4) is 0 Å². The normalized spacial score (nSPS) is 11.1. The highest BCUT2D eigenvalue weighted by Crippen LogP contribution is 2.18. The summed E-state index contributed by atoms with van der Waals surface area (Å²) in [5.41, 5.74) is 2.57. The van der Waals surface area contributed by atoms with Crippen molar-refractivity contribution in [2.75, 3.05) is 6.61 Å². The van der Waals surface area contributed by atoms with Crippen LogP contribution in [0.5, 0.6) is 5.75 Å². The number of benzene rings is 1. The molecule has 1 N–H and O–H groups in total. The van der Waals surface area contributed by atoms with E-state index in [4.69, 9.17) is 9.94 Å². The fourth-order valence-corrected chi connectivity index (χ4v) is 1.24. The highest BCUT2D eigenvalue weighted by molar-refractivity contribution is 6.00. The van der Waals surface area contributed by atoms with Crippen molar-refractivity contribution in [2.45, 2.75) is 20.8 Å². The molecule has 1 aromatic carbocycles. The van der Waals surface area contributed by atoms with Crippen LogP contribution in [0.1, 0.15) is 26.3 Å². The van der Waals surface area contributed by atoms with Crippen molar-refractivity contribution in [1.29, 1.82) is 0 Å². The Labute approximate surface area is 96.1 Å². The van der Waals surface area contributed by atoms with Crippen LogP contribution in [0.15, 0.2) is 41.1 Å². The average molecular weight is 219 g/mol. The van der Waals surface area contributed by atoms with Crippen molar-refractivity contribution in [2.24, 2.45) is 5.16 Å². The van der Waals surface area contributed by atoms with Crippen LogP contribution in [0.4, 0.5) is 0 Å². The fourth-order valence-electron chi connectivity index (χ4n) is 1.24. The van der Waals surface area contributed by atoms with Crippen molar-refractivity contribution in [3.05, 3.63) is 41.5 Å². The van der Waals surface area contributed by atoms with Crippen LogP contribution < -0.4 is 4.74 Å². The van der Waals surface area contributed by atoms with Gasteiger partial charge in [-0.1, -0.05) is 22.9 Å². The molecule has 0 aliphatic rings. The predicted octanol–water partition coefficient (Wildman–Crippen LogP) is 3.23. The van der Waals surface area contributed by atoms with Gasteiger partial charge in [0.1, 0.15) is 12.4 Å². The minimum atomic E-state index is 0.526. The van der Waals surface area contributed by atoms with E-state index in [-0.39, 0.29) is 0 Å². The lowest BCUT2D eigenvalue weighted by Gasteiger charge is -2.08. The van der Waals surface area contributed by atoms with E-state index in [0.29, 0.717) is 12.3 Å². The Balaban J connectivity index is 2.83. The Morgan fingerprint density at radius 1 is 1.31 bits per heavy atom. The number of hydrogen-bond acceptors (Lipinski definition) is 3. The van der Waals surface area contributed by atoms with Gasteiger partial charge in [0.05, 0.1) is 5.71 Å². The lowest BCUT2D eigenvalue weighted by molar-refractivity contribution is 0.318. The second-order valence-electron chi connectivity index (χ2n) is 3.77. The van der Waals surface area contributed by atoms with E-state index in [1.165, 1.54) is 5.57 Å². The van der Waals surface area contributed by atoms with E-state index in [0.717, 1.165) is 11.3 Å². The molecule has 3 heteroatoms. The number of ether oxygens (including phenoxy) is 1. The minimum absolute atomic E-state index is 0.526. The van der Waals surface area contributed by atoms with Crippen molar-refractivity contribution in [1.82, 2.24) is 0 Å². The quantitative estimate of drug-likeness (QED) is 0.365. The maximum absolute atomic E-state index is 8.75. The number of hydrogen-bond donors (Lipinski definition) is 1. The summed E-state index contributed by atoms with van der Waals surface area (Å²) < 4.78 is 5.60. The van der Waals surface area contributed by atoms with Gasteiger partial charge in [0.15, 0.2) is 0 Å². The van der Waals surface area contributed by atoms with Crippen LogP contribution in [-0.4, -0.2) is 17.5 Å². The van der Waals surface area contributed by atoms with Crippen molar-refractivity contribution in [3.63, 3.8) is 0 Å². The van der Waals surface area contributed by atoms with Gasteiger partial charge in [0.25, 0.3) is 0 Å². The number of nitrogens with zero attached hydrogens (tertiary/aromatic N) is 1. The van der Waals surface area contributed by atoms with Gasteiger partial charge in [0, 0.05) is 5.56 Å². The van der Waals surface area contributed by atoms with Crippen molar-refractivity contribution < 1.29 is 9.94 Å². The summed E-state index contributed by atoms with van der Waals surface area (Å²) in [6.07, 6.45) is 2.00. The number of rotatable bonds is 4. The molecule has 0 radical (unpaired) electrons. The van der Waals surface area contributed by atoms with E-state index in [9.17, 15) is 0 Å². The Hall–Kier alpha value is -1.77. The Morgan fingerprint density at radius 3 is 2.62 bits per heavy atom. The van der Waals surface area contributed by atoms with Gasteiger partial charge >= 0.3 is 0 Å². The Kier molecular flexibility index (Phi) is 4.58. The molecule has 0 saturated heterocycles. The molecule has 1 aromatic rings. The van der Waals surface area contributed by atoms with E-state index < -0.39 is 0 Å². The maximum Gasteiger partial charge on any atom is 0.128 e. The standard InChI is InChI=1S/C13H17NO2/c1-10(2)8-9-16-13-7-5-4-6-12(13)11(3)14-15/h4-8,15H,9H2,1-3H3/b14-11+. The van der Waals surface area contributed by atoms with Crippen molar-refractivity contribution in [3.8, 4) is 5.75 Å². The molecule has 0 aromatic heterocycles. The third kappa shape index (κ3) is 3.42. The second-order valence-corrected chi connectivity index (χ2v) is 3.77. The largest absolute Gasteiger partial charge is 0.489 e. The first-order valence-electron chi connectivity index (χ1n) is 5.19. The molecule has 0 unspecified atom stereocenters. The summed E-state index contributed by atoms with van der Waals surface area (Å²) in [5, 5.41) is 11.9. The summed E-state index contributed by atoms with van der Waals surface area (Å²) in [7, 11) is 0. The molecule has 1 rings (SSSR count). The highest BCUT2D eigenvalue weighted by Gasteiger charge is 2.05. The molecule has 0 bridgehead atoms. The van der Waals surface area contributed by atoms with Crippen LogP contribution in [-0.2, 0) is 0 Å². The van der Waals surface area contributed by atoms with E-state index in [2.05, 4.69) is 5.16 Å². The van der Waals surface area contributed by atoms with Crippen LogP contribution in [0, 0.1) is 0 Å². The molecule has 0 saturated carbocycles. The zero-order valence-corrected chi connectivity index (χ0v) is 9.90. The number of oxime groups is 1. The third-order valence-corrected chi connectivity index (χ3v) is 2.16. The van der Waals surface area contributed by atoms with Gasteiger partial charge in [-0.05, 0) is 39.0 Å². The van der Waals surface area contributed by atoms with Gasteiger partial charge in [-0.2, -0.15) is 0 Å². The van der Waals surface area contributed by atoms with Crippen LogP contribution in [0.2, 0.25) is 0 Å². The maximum atomic E-state index is 8.75. The number of para-hydroxylation sites is 1. The van der Waals surface area contributed by atoms with Gasteiger partial charge in [-0.25, -0.2) is 0 Å². The average Bonchev–Trinajstić information content (AvgIpc) is 2.28. The molecular formula is C13H17NO2. The molecule has 16 heavy (non-hydrogen) atoms. The third-order valence-electron chi connectivity index (χ3n) is 2.16. The first kappa shape index (κ1) is 12.3. The zero-order valence-electron chi connectivity index (χ0n) is 9.90. The van der Waals surface area contributed by atoms with Crippen LogP contribution >= 0.6 is 0 Å². The smallest absolute Gasteiger partial charge is 0.128 e. The highest BCUT2D eigenvalue weighted by atomic mass is 16.5. The van der Waals surface area contributed by atoms with Gasteiger partial charge in [-0.15, -0.1) is 0 Å². The van der Waals surface area contributed by atoms with Gasteiger partial charge < -0.3 is 9.94 Å². The number of allylic oxidation sites excluding steroid dienone is 1. The first-order chi connectivity index (χ1) is 7.65. The summed E-state index contributed by atoms with van der Waals surface area (Å²) >= 11 is 0. The topological polar surface area (TPSA) is 41.8 Å². The predicted molar refractivity (Wildman–Crippen MR) is 65.4 cm³/mol. The molecule has 0 heterocycles. The fraction of sp³-hybridized carbons (Fsp3) is 0.308. The zero-order chi connectivity index (χ0) is 12.0. The monoisotopic (exact) mass is 219 g/mol. The lowest BCUT2D eigenvalue weighted by Crippen LogP contribution is -2.02.